The van der Waals surface area contributed by atoms with Gasteiger partial charge in [-0.15, -0.1) is 12.4 Å². The molecule has 0 aliphatic carbocycles. The molecule has 0 spiro atoms. The number of amides is 2. The van der Waals surface area contributed by atoms with Gasteiger partial charge in [-0.2, -0.15) is 0 Å². The molecule has 5 N–H and O–H groups in total. The lowest BCUT2D eigenvalue weighted by molar-refractivity contribution is -0.127. The van der Waals surface area contributed by atoms with Gasteiger partial charge >= 0.3 is 0 Å². The number of halogens is 1. The summed E-state index contributed by atoms with van der Waals surface area (Å²) in [7, 11) is 0. The number of carbonyl (C=O) groups excluding carboxylic acids is 2. The van der Waals surface area contributed by atoms with Crippen molar-refractivity contribution in [2.75, 3.05) is 13.1 Å². The summed E-state index contributed by atoms with van der Waals surface area (Å²) in [6.07, 6.45) is 2.00. The zero-order chi connectivity index (χ0) is 20.8. The van der Waals surface area contributed by atoms with Gasteiger partial charge in [0.1, 0.15) is 0 Å². The molecule has 1 heterocycles. The number of rotatable bonds is 8. The van der Waals surface area contributed by atoms with Gasteiger partial charge in [-0.1, -0.05) is 62.4 Å². The minimum absolute atomic E-state index is 0. The molecule has 30 heavy (non-hydrogen) atoms. The third kappa shape index (κ3) is 5.62. The molecule has 3 aromatic rings. The van der Waals surface area contributed by atoms with Crippen molar-refractivity contribution in [1.82, 2.24) is 15.6 Å². The fraction of sp³-hybridized carbons (Fsp3) is 0.304. The van der Waals surface area contributed by atoms with Crippen LogP contribution in [0.2, 0.25) is 0 Å². The van der Waals surface area contributed by atoms with Crippen LogP contribution in [0.5, 0.6) is 0 Å². The van der Waals surface area contributed by atoms with Gasteiger partial charge in [-0.25, -0.2) is 0 Å². The molecule has 2 aromatic carbocycles. The molecule has 3 rings (SSSR count). The number of benzene rings is 2. The van der Waals surface area contributed by atoms with E-state index in [2.05, 4.69) is 33.8 Å². The molecule has 2 atom stereocenters. The molecule has 0 aliphatic rings. The monoisotopic (exact) mass is 428 g/mol. The van der Waals surface area contributed by atoms with E-state index in [1.807, 2.05) is 56.4 Å². The average Bonchev–Trinajstić information content (AvgIpc) is 3.16. The first-order valence-corrected chi connectivity index (χ1v) is 9.88. The van der Waals surface area contributed by atoms with Crippen molar-refractivity contribution >= 4 is 35.1 Å². The second-order valence-corrected chi connectivity index (χ2v) is 7.54. The molecule has 1 aromatic heterocycles. The summed E-state index contributed by atoms with van der Waals surface area (Å²) < 4.78 is 0. The van der Waals surface area contributed by atoms with E-state index in [-0.39, 0.29) is 42.6 Å². The zero-order valence-corrected chi connectivity index (χ0v) is 18.0. The van der Waals surface area contributed by atoms with Crippen LogP contribution in [0.4, 0.5) is 0 Å². The maximum Gasteiger partial charge on any atom is 0.239 e. The lowest BCUT2D eigenvalue weighted by Crippen LogP contribution is -2.47. The van der Waals surface area contributed by atoms with Gasteiger partial charge in [0.15, 0.2) is 0 Å². The normalized spacial score (nSPS) is 12.8. The van der Waals surface area contributed by atoms with Crippen LogP contribution in [-0.2, 0) is 9.59 Å². The summed E-state index contributed by atoms with van der Waals surface area (Å²) in [6, 6.07) is 17.6. The molecule has 0 fully saturated rings. The molecule has 0 bridgehead atoms. The van der Waals surface area contributed by atoms with E-state index in [1.54, 1.807) is 0 Å². The number of fused-ring (bicyclic) bond motifs is 1. The first-order valence-electron chi connectivity index (χ1n) is 9.88. The summed E-state index contributed by atoms with van der Waals surface area (Å²) in [5.41, 5.74) is 9.11. The smallest absolute Gasteiger partial charge is 0.239 e. The molecule has 1 unspecified atom stereocenters. The van der Waals surface area contributed by atoms with E-state index in [4.69, 9.17) is 5.73 Å². The summed E-state index contributed by atoms with van der Waals surface area (Å²) in [5.74, 6) is -0.547. The van der Waals surface area contributed by atoms with Crippen LogP contribution in [0.15, 0.2) is 60.8 Å². The number of nitrogens with one attached hydrogen (secondary N) is 3. The molecule has 0 radical (unpaired) electrons. The minimum atomic E-state index is -0.619. The van der Waals surface area contributed by atoms with E-state index in [0.29, 0.717) is 6.54 Å². The maximum atomic E-state index is 12.3. The van der Waals surface area contributed by atoms with Gasteiger partial charge in [0.25, 0.3) is 0 Å². The van der Waals surface area contributed by atoms with Crippen molar-refractivity contribution in [3.05, 3.63) is 71.9 Å². The van der Waals surface area contributed by atoms with Crippen LogP contribution in [0, 0.1) is 5.92 Å². The number of para-hydroxylation sites is 1. The highest BCUT2D eigenvalue weighted by molar-refractivity contribution is 5.88. The van der Waals surface area contributed by atoms with Crippen molar-refractivity contribution in [3.8, 4) is 0 Å². The second-order valence-electron chi connectivity index (χ2n) is 7.54. The van der Waals surface area contributed by atoms with Gasteiger partial charge < -0.3 is 21.4 Å². The number of hydrogen-bond donors (Lipinski definition) is 4. The Morgan fingerprint density at radius 3 is 2.37 bits per heavy atom. The van der Waals surface area contributed by atoms with Crippen LogP contribution in [0.3, 0.4) is 0 Å². The maximum absolute atomic E-state index is 12.3. The Morgan fingerprint density at radius 1 is 1.00 bits per heavy atom. The fourth-order valence-electron chi connectivity index (χ4n) is 3.34. The molecule has 0 aliphatic heterocycles. The van der Waals surface area contributed by atoms with Gasteiger partial charge in [-0.05, 0) is 23.1 Å². The Morgan fingerprint density at radius 2 is 1.67 bits per heavy atom. The fourth-order valence-corrected chi connectivity index (χ4v) is 3.34. The van der Waals surface area contributed by atoms with Gasteiger partial charge in [0.05, 0.1) is 12.6 Å². The van der Waals surface area contributed by atoms with E-state index >= 15 is 0 Å². The Labute approximate surface area is 183 Å². The second kappa shape index (κ2) is 10.8. The molecular formula is C23H29ClN4O2. The SMILES string of the molecule is CC(C)[C@H](N)C(=O)NCC(=O)NCC(c1ccccc1)c1c[nH]c2ccccc12.Cl. The Hall–Kier alpha value is -2.83. The van der Waals surface area contributed by atoms with Gasteiger partial charge in [0, 0.05) is 29.6 Å². The van der Waals surface area contributed by atoms with Crippen molar-refractivity contribution in [2.45, 2.75) is 25.8 Å². The van der Waals surface area contributed by atoms with Crippen molar-refractivity contribution in [3.63, 3.8) is 0 Å². The quantitative estimate of drug-likeness (QED) is 0.443. The highest BCUT2D eigenvalue weighted by Crippen LogP contribution is 2.30. The molecule has 0 saturated heterocycles. The van der Waals surface area contributed by atoms with Crippen LogP contribution >= 0.6 is 12.4 Å². The van der Waals surface area contributed by atoms with E-state index in [0.717, 1.165) is 22.0 Å². The number of H-pyrrole nitrogens is 1. The Kier molecular flexibility index (Phi) is 8.45. The summed E-state index contributed by atoms with van der Waals surface area (Å²) in [4.78, 5) is 27.6. The van der Waals surface area contributed by atoms with Crippen LogP contribution in [0.25, 0.3) is 10.9 Å². The van der Waals surface area contributed by atoms with Crippen molar-refractivity contribution < 1.29 is 9.59 Å². The standard InChI is InChI=1S/C23H28N4O2.ClH/c1-15(2)22(24)23(29)27-14-21(28)26-12-18(16-8-4-3-5-9-16)19-13-25-20-11-7-6-10-17(19)20;/h3-11,13,15,18,22,25H,12,14,24H2,1-2H3,(H,26,28)(H,27,29);1H/t18?,22-;/m0./s1. The summed E-state index contributed by atoms with van der Waals surface area (Å²) >= 11 is 0. The highest BCUT2D eigenvalue weighted by atomic mass is 35.5. The van der Waals surface area contributed by atoms with Crippen molar-refractivity contribution in [1.29, 1.82) is 0 Å². The Bertz CT molecular complexity index is 972. The third-order valence-corrected chi connectivity index (χ3v) is 5.15. The van der Waals surface area contributed by atoms with Gasteiger partial charge in [0.2, 0.25) is 11.8 Å². The third-order valence-electron chi connectivity index (χ3n) is 5.15. The number of hydrogen-bond acceptors (Lipinski definition) is 3. The topological polar surface area (TPSA) is 100 Å². The average molecular weight is 429 g/mol. The van der Waals surface area contributed by atoms with E-state index in [9.17, 15) is 9.59 Å². The molecule has 160 valence electrons. The first-order chi connectivity index (χ1) is 14.0. The largest absolute Gasteiger partial charge is 0.361 e. The predicted molar refractivity (Wildman–Crippen MR) is 123 cm³/mol. The zero-order valence-electron chi connectivity index (χ0n) is 17.2. The molecular weight excluding hydrogens is 400 g/mol. The number of aromatic amines is 1. The Balaban J connectivity index is 0.00000320. The van der Waals surface area contributed by atoms with Gasteiger partial charge in [-0.3, -0.25) is 9.59 Å². The lowest BCUT2D eigenvalue weighted by Gasteiger charge is -2.19. The van der Waals surface area contributed by atoms with E-state index < -0.39 is 6.04 Å². The number of carbonyl (C=O) groups is 2. The minimum Gasteiger partial charge on any atom is -0.361 e. The molecule has 0 saturated carbocycles. The molecule has 7 heteroatoms. The van der Waals surface area contributed by atoms with Crippen LogP contribution < -0.4 is 16.4 Å². The number of aromatic nitrogens is 1. The van der Waals surface area contributed by atoms with Crippen LogP contribution in [0.1, 0.15) is 30.9 Å². The number of nitrogens with two attached hydrogens (primary N) is 1. The highest BCUT2D eigenvalue weighted by Gasteiger charge is 2.20. The summed E-state index contributed by atoms with van der Waals surface area (Å²) in [6.45, 7) is 4.08. The van der Waals surface area contributed by atoms with E-state index in [1.165, 1.54) is 0 Å². The molecule has 2 amide bonds. The van der Waals surface area contributed by atoms with Crippen molar-refractivity contribution in [2.24, 2.45) is 11.7 Å². The lowest BCUT2D eigenvalue weighted by atomic mass is 9.91. The van der Waals surface area contributed by atoms with Crippen LogP contribution in [-0.4, -0.2) is 35.9 Å². The predicted octanol–water partition coefficient (Wildman–Crippen LogP) is 2.94. The summed E-state index contributed by atoms with van der Waals surface area (Å²) in [5, 5.41) is 6.69. The first kappa shape index (κ1) is 23.4. The molecule has 6 nitrogen and oxygen atoms in total.